The molecule has 0 aromatic heterocycles. The smallest absolute Gasteiger partial charge is 0.297 e. The van der Waals surface area contributed by atoms with Crippen LogP contribution in [-0.2, 0) is 14.3 Å². The van der Waals surface area contributed by atoms with Crippen LogP contribution in [-0.4, -0.2) is 21.6 Å². The number of methoxy groups -OCH3 is 1. The number of para-hydroxylation sites is 1. The van der Waals surface area contributed by atoms with Crippen molar-refractivity contribution in [3.05, 3.63) is 59.7 Å². The van der Waals surface area contributed by atoms with E-state index in [9.17, 15) is 8.42 Å². The van der Waals surface area contributed by atoms with Crippen LogP contribution in [0.15, 0.2) is 53.4 Å². The highest BCUT2D eigenvalue weighted by Crippen LogP contribution is 2.38. The number of ether oxygens (including phenoxy) is 1. The molecule has 2 atom stereocenters. The molecule has 2 aromatic rings. The number of rotatable bonds is 5. The summed E-state index contributed by atoms with van der Waals surface area (Å²) < 4.78 is 37.1. The van der Waals surface area contributed by atoms with Gasteiger partial charge in [0, 0.05) is 5.92 Å². The third kappa shape index (κ3) is 4.90. The van der Waals surface area contributed by atoms with Gasteiger partial charge in [-0.05, 0) is 43.5 Å². The number of benzene rings is 2. The van der Waals surface area contributed by atoms with Crippen molar-refractivity contribution in [2.45, 2.75) is 62.4 Å². The molecular weight excluding hydrogens is 360 g/mol. The van der Waals surface area contributed by atoms with Crippen LogP contribution in [0.2, 0.25) is 0 Å². The van der Waals surface area contributed by atoms with Gasteiger partial charge in [0.15, 0.2) is 0 Å². The van der Waals surface area contributed by atoms with Gasteiger partial charge < -0.3 is 4.74 Å². The van der Waals surface area contributed by atoms with Crippen molar-refractivity contribution in [3.8, 4) is 5.75 Å². The predicted octanol–water partition coefficient (Wildman–Crippen LogP) is 5.22. The van der Waals surface area contributed by atoms with Crippen LogP contribution >= 0.6 is 0 Å². The van der Waals surface area contributed by atoms with Crippen LogP contribution in [0, 0.1) is 6.92 Å². The standard InChI is InChI=1S/C22H28O4S/c1-17-13-15-18(16-14-17)27(23,24)26-22-12-6-4-3-5-9-20(22)19-10-7-8-11-21(19)25-2/h7-8,10-11,13-16,20,22H,3-6,9,12H2,1-2H3/t20-,22-/m1/s1. The maximum Gasteiger partial charge on any atom is 0.297 e. The molecule has 4 nitrogen and oxygen atoms in total. The molecule has 5 heteroatoms. The van der Waals surface area contributed by atoms with Gasteiger partial charge in [-0.3, -0.25) is 4.18 Å². The summed E-state index contributed by atoms with van der Waals surface area (Å²) in [5, 5.41) is 0. The molecule has 3 rings (SSSR count). The Kier molecular flexibility index (Phi) is 6.55. The van der Waals surface area contributed by atoms with Crippen LogP contribution in [0.4, 0.5) is 0 Å². The zero-order valence-electron chi connectivity index (χ0n) is 16.1. The average molecular weight is 389 g/mol. The molecule has 27 heavy (non-hydrogen) atoms. The third-order valence-corrected chi connectivity index (χ3v) is 6.65. The molecule has 0 aliphatic heterocycles. The van der Waals surface area contributed by atoms with Crippen molar-refractivity contribution in [2.75, 3.05) is 7.11 Å². The Morgan fingerprint density at radius 3 is 2.26 bits per heavy atom. The molecular formula is C22H28O4S. The first kappa shape index (κ1) is 19.9. The van der Waals surface area contributed by atoms with E-state index in [1.807, 2.05) is 31.2 Å². The third-order valence-electron chi connectivity index (χ3n) is 5.30. The predicted molar refractivity (Wildman–Crippen MR) is 107 cm³/mol. The highest BCUT2D eigenvalue weighted by Gasteiger charge is 2.32. The Bertz CT molecular complexity index is 843. The van der Waals surface area contributed by atoms with E-state index < -0.39 is 10.1 Å². The van der Waals surface area contributed by atoms with Crippen molar-refractivity contribution in [2.24, 2.45) is 0 Å². The Hall–Kier alpha value is -1.85. The zero-order valence-corrected chi connectivity index (χ0v) is 16.9. The quantitative estimate of drug-likeness (QED) is 0.659. The number of hydrogen-bond donors (Lipinski definition) is 0. The van der Waals surface area contributed by atoms with Crippen LogP contribution in [0.1, 0.15) is 55.6 Å². The molecule has 0 saturated heterocycles. The molecule has 1 aliphatic carbocycles. The normalized spacial score (nSPS) is 21.3. The Labute approximate surface area is 162 Å². The van der Waals surface area contributed by atoms with Crippen molar-refractivity contribution in [1.29, 1.82) is 0 Å². The van der Waals surface area contributed by atoms with Gasteiger partial charge in [-0.2, -0.15) is 8.42 Å². The first-order valence-corrected chi connectivity index (χ1v) is 11.0. The highest BCUT2D eigenvalue weighted by molar-refractivity contribution is 7.86. The van der Waals surface area contributed by atoms with Crippen molar-refractivity contribution in [3.63, 3.8) is 0 Å². The van der Waals surface area contributed by atoms with Gasteiger partial charge >= 0.3 is 0 Å². The molecule has 0 amide bonds. The summed E-state index contributed by atoms with van der Waals surface area (Å²) in [5.41, 5.74) is 2.05. The number of aryl methyl sites for hydroxylation is 1. The van der Waals surface area contributed by atoms with Gasteiger partial charge in [-0.15, -0.1) is 0 Å². The van der Waals surface area contributed by atoms with E-state index in [1.54, 1.807) is 31.4 Å². The average Bonchev–Trinajstić information content (AvgIpc) is 2.64. The fourth-order valence-electron chi connectivity index (χ4n) is 3.82. The SMILES string of the molecule is COc1ccccc1[C@H]1CCCCCC[C@H]1OS(=O)(=O)c1ccc(C)cc1. The van der Waals surface area contributed by atoms with E-state index in [0.29, 0.717) is 0 Å². The van der Waals surface area contributed by atoms with E-state index in [-0.39, 0.29) is 16.9 Å². The van der Waals surface area contributed by atoms with Gasteiger partial charge in [0.05, 0.1) is 18.1 Å². The van der Waals surface area contributed by atoms with Crippen LogP contribution in [0.3, 0.4) is 0 Å². The van der Waals surface area contributed by atoms with Crippen LogP contribution < -0.4 is 4.74 Å². The number of hydrogen-bond acceptors (Lipinski definition) is 4. The van der Waals surface area contributed by atoms with Crippen molar-refractivity contribution >= 4 is 10.1 Å². The van der Waals surface area contributed by atoms with Gasteiger partial charge in [-0.25, -0.2) is 0 Å². The minimum Gasteiger partial charge on any atom is -0.496 e. The van der Waals surface area contributed by atoms with Crippen molar-refractivity contribution < 1.29 is 17.3 Å². The van der Waals surface area contributed by atoms with E-state index in [1.165, 1.54) is 6.42 Å². The van der Waals surface area contributed by atoms with E-state index >= 15 is 0 Å². The van der Waals surface area contributed by atoms with Gasteiger partial charge in [0.2, 0.25) is 0 Å². The summed E-state index contributed by atoms with van der Waals surface area (Å²) in [7, 11) is -2.15. The molecule has 1 saturated carbocycles. The lowest BCUT2D eigenvalue weighted by Crippen LogP contribution is -2.27. The summed E-state index contributed by atoms with van der Waals surface area (Å²) in [6, 6.07) is 14.7. The topological polar surface area (TPSA) is 52.6 Å². The van der Waals surface area contributed by atoms with Crippen LogP contribution in [0.25, 0.3) is 0 Å². The first-order valence-electron chi connectivity index (χ1n) is 9.64. The summed E-state index contributed by atoms with van der Waals surface area (Å²) in [5.74, 6) is 0.797. The van der Waals surface area contributed by atoms with Crippen LogP contribution in [0.5, 0.6) is 5.75 Å². The minimum absolute atomic E-state index is 0.00155. The lowest BCUT2D eigenvalue weighted by Gasteiger charge is -2.30. The fraction of sp³-hybridized carbons (Fsp3) is 0.455. The maximum atomic E-state index is 12.9. The molecule has 0 unspecified atom stereocenters. The maximum absolute atomic E-state index is 12.9. The van der Waals surface area contributed by atoms with E-state index in [0.717, 1.165) is 49.0 Å². The lowest BCUT2D eigenvalue weighted by molar-refractivity contribution is 0.148. The second kappa shape index (κ2) is 8.89. The molecule has 0 radical (unpaired) electrons. The molecule has 0 heterocycles. The van der Waals surface area contributed by atoms with E-state index in [2.05, 4.69) is 0 Å². The molecule has 2 aromatic carbocycles. The Morgan fingerprint density at radius 1 is 0.889 bits per heavy atom. The minimum atomic E-state index is -3.81. The second-order valence-electron chi connectivity index (χ2n) is 7.24. The largest absolute Gasteiger partial charge is 0.496 e. The molecule has 1 aliphatic rings. The van der Waals surface area contributed by atoms with E-state index in [4.69, 9.17) is 8.92 Å². The second-order valence-corrected chi connectivity index (χ2v) is 8.81. The fourth-order valence-corrected chi connectivity index (χ4v) is 4.95. The molecule has 1 fully saturated rings. The Balaban J connectivity index is 1.92. The molecule has 0 spiro atoms. The molecule has 146 valence electrons. The summed E-state index contributed by atoms with van der Waals surface area (Å²) in [6.07, 6.45) is 5.56. The molecule has 0 N–H and O–H groups in total. The Morgan fingerprint density at radius 2 is 1.56 bits per heavy atom. The van der Waals surface area contributed by atoms with Gasteiger partial charge in [0.25, 0.3) is 10.1 Å². The zero-order chi connectivity index (χ0) is 19.3. The van der Waals surface area contributed by atoms with Gasteiger partial charge in [0.1, 0.15) is 5.75 Å². The summed E-state index contributed by atoms with van der Waals surface area (Å²) in [4.78, 5) is 0.217. The van der Waals surface area contributed by atoms with Gasteiger partial charge in [-0.1, -0.05) is 61.6 Å². The first-order chi connectivity index (χ1) is 13.0. The monoisotopic (exact) mass is 388 g/mol. The summed E-state index contributed by atoms with van der Waals surface area (Å²) in [6.45, 7) is 1.93. The molecule has 0 bridgehead atoms. The highest BCUT2D eigenvalue weighted by atomic mass is 32.2. The summed E-state index contributed by atoms with van der Waals surface area (Å²) >= 11 is 0. The lowest BCUT2D eigenvalue weighted by atomic mass is 9.83. The van der Waals surface area contributed by atoms with Crippen molar-refractivity contribution in [1.82, 2.24) is 0 Å².